The Labute approximate surface area is 121 Å². The molecule has 3 nitrogen and oxygen atoms in total. The second-order valence-electron chi connectivity index (χ2n) is 2.47. The molecule has 0 aliphatic heterocycles. The molecule has 1 heterocycles. The molecule has 14 heavy (non-hydrogen) atoms. The van der Waals surface area contributed by atoms with Crippen LogP contribution < -0.4 is 51.4 Å². The topological polar surface area (TPSA) is 42.9 Å². The van der Waals surface area contributed by atoms with Gasteiger partial charge in [0.15, 0.2) is 6.29 Å². The van der Waals surface area contributed by atoms with Crippen molar-refractivity contribution in [2.24, 2.45) is 0 Å². The van der Waals surface area contributed by atoms with E-state index in [4.69, 9.17) is 0 Å². The number of aldehydes is 1. The van der Waals surface area contributed by atoms with Crippen LogP contribution in [0.3, 0.4) is 0 Å². The minimum atomic E-state index is -4.95. The van der Waals surface area contributed by atoms with Crippen LogP contribution >= 0.6 is 0 Å². The van der Waals surface area contributed by atoms with Crippen molar-refractivity contribution in [3.63, 3.8) is 0 Å². The quantitative estimate of drug-likeness (QED) is 0.454. The van der Waals surface area contributed by atoms with Crippen LogP contribution in [0.1, 0.15) is 16.1 Å². The third-order valence-corrected chi connectivity index (χ3v) is 1.39. The van der Waals surface area contributed by atoms with E-state index < -0.39 is 13.3 Å². The molecule has 0 aliphatic rings. The van der Waals surface area contributed by atoms with Gasteiger partial charge in [0.1, 0.15) is 12.0 Å². The summed E-state index contributed by atoms with van der Waals surface area (Å²) in [6.07, 6.45) is 1.22. The van der Waals surface area contributed by atoms with Gasteiger partial charge in [0.25, 0.3) is 0 Å². The van der Waals surface area contributed by atoms with Crippen LogP contribution in [-0.2, 0) is 6.32 Å². The van der Waals surface area contributed by atoms with E-state index in [1.54, 1.807) is 0 Å². The van der Waals surface area contributed by atoms with Gasteiger partial charge in [0.05, 0.1) is 0 Å². The van der Waals surface area contributed by atoms with Gasteiger partial charge in [-0.1, -0.05) is 6.32 Å². The maximum absolute atomic E-state index is 11.9. The summed E-state index contributed by atoms with van der Waals surface area (Å²) in [6, 6.07) is 0. The molecule has 0 aliphatic carbocycles. The molecular weight excluding hydrogens is 223 g/mol. The fourth-order valence-corrected chi connectivity index (χ4v) is 0.881. The fourth-order valence-electron chi connectivity index (χ4n) is 0.881. The van der Waals surface area contributed by atoms with E-state index in [0.717, 1.165) is 12.5 Å². The minimum Gasteiger partial charge on any atom is -0.449 e. The van der Waals surface area contributed by atoms with Crippen molar-refractivity contribution < 1.29 is 69.1 Å². The summed E-state index contributed by atoms with van der Waals surface area (Å²) in [4.78, 5) is 17.1. The van der Waals surface area contributed by atoms with Crippen LogP contribution in [0.2, 0.25) is 0 Å². The van der Waals surface area contributed by atoms with Crippen molar-refractivity contribution in [1.29, 1.82) is 0 Å². The monoisotopic (exact) mass is 228 g/mol. The van der Waals surface area contributed by atoms with Crippen molar-refractivity contribution in [1.82, 2.24) is 9.97 Å². The van der Waals surface area contributed by atoms with Crippen LogP contribution in [0.15, 0.2) is 12.5 Å². The maximum atomic E-state index is 11.9. The third-order valence-electron chi connectivity index (χ3n) is 1.39. The predicted molar refractivity (Wildman–Crippen MR) is 40.2 cm³/mol. The Morgan fingerprint density at radius 3 is 2.57 bits per heavy atom. The average Bonchev–Trinajstić information content (AvgIpc) is 2.02. The number of carbonyl (C=O) groups excluding carboxylic acids is 1. The Balaban J connectivity index is 0.00000169. The molecule has 0 radical (unpaired) electrons. The van der Waals surface area contributed by atoms with E-state index in [9.17, 15) is 17.7 Å². The van der Waals surface area contributed by atoms with Gasteiger partial charge in [-0.3, -0.25) is 4.79 Å². The van der Waals surface area contributed by atoms with Gasteiger partial charge in [0, 0.05) is 6.20 Å². The van der Waals surface area contributed by atoms with Gasteiger partial charge in [0.2, 0.25) is 0 Å². The number of aromatic nitrogens is 2. The van der Waals surface area contributed by atoms with Gasteiger partial charge in [-0.05, 0) is 5.56 Å². The molecule has 1 aromatic rings. The maximum Gasteiger partial charge on any atom is 1.00 e. The predicted octanol–water partition coefficient (Wildman–Crippen LogP) is -1.78. The van der Waals surface area contributed by atoms with Gasteiger partial charge in [-0.2, -0.15) is 0 Å². The van der Waals surface area contributed by atoms with Gasteiger partial charge in [-0.25, -0.2) is 9.97 Å². The van der Waals surface area contributed by atoms with E-state index in [-0.39, 0.29) is 62.6 Å². The summed E-state index contributed by atoms with van der Waals surface area (Å²) in [6.45, 7) is -4.95. The van der Waals surface area contributed by atoms with E-state index >= 15 is 0 Å². The molecule has 0 bridgehead atoms. The van der Waals surface area contributed by atoms with E-state index in [1.807, 2.05) is 0 Å². The SMILES string of the molecule is O=Cc1ncncc1C[B-](F)(F)F.[K+]. The molecule has 0 atom stereocenters. The first-order valence-corrected chi connectivity index (χ1v) is 3.48. The van der Waals surface area contributed by atoms with Gasteiger partial charge in [-0.15, -0.1) is 0 Å². The largest absolute Gasteiger partial charge is 1.00 e. The number of carbonyl (C=O) groups is 1. The molecule has 1 aromatic heterocycles. The summed E-state index contributed by atoms with van der Waals surface area (Å²) in [5.41, 5.74) is -0.376. The number of rotatable bonds is 3. The van der Waals surface area contributed by atoms with Crippen molar-refractivity contribution in [3.05, 3.63) is 23.8 Å². The first kappa shape index (κ1) is 14.2. The smallest absolute Gasteiger partial charge is 0.449 e. The molecule has 1 rings (SSSR count). The van der Waals surface area contributed by atoms with Gasteiger partial charge >= 0.3 is 58.4 Å². The van der Waals surface area contributed by atoms with Crippen LogP contribution in [0.4, 0.5) is 12.9 Å². The number of nitrogens with zero attached hydrogens (tertiary/aromatic N) is 2. The van der Waals surface area contributed by atoms with E-state index in [1.165, 1.54) is 0 Å². The Morgan fingerprint density at radius 2 is 2.07 bits per heavy atom. The molecule has 0 unspecified atom stereocenters. The number of halogens is 3. The Kier molecular flexibility index (Phi) is 6.07. The molecule has 0 aromatic carbocycles. The first-order valence-electron chi connectivity index (χ1n) is 3.48. The van der Waals surface area contributed by atoms with Crippen molar-refractivity contribution in [3.8, 4) is 0 Å². The minimum absolute atomic E-state index is 0. The normalized spacial score (nSPS) is 10.5. The van der Waals surface area contributed by atoms with Crippen molar-refractivity contribution >= 4 is 13.3 Å². The summed E-state index contributed by atoms with van der Waals surface area (Å²) in [7, 11) is 0. The molecular formula is C6H5BF3KN2O. The zero-order chi connectivity index (χ0) is 9.90. The first-order chi connectivity index (χ1) is 6.03. The zero-order valence-electron chi connectivity index (χ0n) is 7.45. The molecule has 70 valence electrons. The molecule has 0 amide bonds. The Morgan fingerprint density at radius 1 is 1.43 bits per heavy atom. The van der Waals surface area contributed by atoms with Crippen LogP contribution in [0.5, 0.6) is 0 Å². The molecule has 0 saturated heterocycles. The van der Waals surface area contributed by atoms with E-state index in [2.05, 4.69) is 9.97 Å². The summed E-state index contributed by atoms with van der Waals surface area (Å²) >= 11 is 0. The Hall–Kier alpha value is 0.241. The molecule has 0 saturated carbocycles. The van der Waals surface area contributed by atoms with Gasteiger partial charge < -0.3 is 12.9 Å². The second-order valence-corrected chi connectivity index (χ2v) is 2.47. The molecule has 8 heteroatoms. The zero-order valence-corrected chi connectivity index (χ0v) is 10.6. The summed E-state index contributed by atoms with van der Waals surface area (Å²) < 4.78 is 35.8. The third kappa shape index (κ3) is 4.65. The number of hydrogen-bond donors (Lipinski definition) is 0. The van der Waals surface area contributed by atoms with Crippen LogP contribution in [0, 0.1) is 0 Å². The van der Waals surface area contributed by atoms with Crippen LogP contribution in [-0.4, -0.2) is 23.2 Å². The van der Waals surface area contributed by atoms with Crippen LogP contribution in [0.25, 0.3) is 0 Å². The second kappa shape index (κ2) is 5.96. The average molecular weight is 228 g/mol. The molecule has 0 N–H and O–H groups in total. The number of hydrogen-bond acceptors (Lipinski definition) is 3. The van der Waals surface area contributed by atoms with Crippen molar-refractivity contribution in [2.45, 2.75) is 6.32 Å². The van der Waals surface area contributed by atoms with E-state index in [0.29, 0.717) is 6.29 Å². The standard InChI is InChI=1S/C6H5BF3N2O.K/c8-7(9,10)1-5-2-11-4-12-6(5)3-13;/h2-4H,1H2;/q-1;+1. The summed E-state index contributed by atoms with van der Waals surface area (Å²) in [5, 5.41) is 0. The molecule has 0 fully saturated rings. The fraction of sp³-hybridized carbons (Fsp3) is 0.167. The molecule has 0 spiro atoms. The van der Waals surface area contributed by atoms with Crippen molar-refractivity contribution in [2.75, 3.05) is 0 Å². The summed E-state index contributed by atoms with van der Waals surface area (Å²) in [5.74, 6) is 0. The Bertz CT molecular complexity index is 320.